The van der Waals surface area contributed by atoms with E-state index in [-0.39, 0.29) is 11.2 Å². The second-order valence-electron chi connectivity index (χ2n) is 5.05. The van der Waals surface area contributed by atoms with E-state index in [9.17, 15) is 14.9 Å². The number of nitrogens with zero attached hydrogens (tertiary/aromatic N) is 2. The summed E-state index contributed by atoms with van der Waals surface area (Å²) in [6, 6.07) is 6.07. The van der Waals surface area contributed by atoms with E-state index in [1.807, 2.05) is 6.92 Å². The van der Waals surface area contributed by atoms with Crippen LogP contribution < -0.4 is 5.56 Å². The fourth-order valence-corrected chi connectivity index (χ4v) is 2.17. The minimum atomic E-state index is -0.453. The van der Waals surface area contributed by atoms with E-state index < -0.39 is 4.92 Å². The maximum atomic E-state index is 11.7. The van der Waals surface area contributed by atoms with Crippen LogP contribution in [0, 0.1) is 17.0 Å². The van der Waals surface area contributed by atoms with Gasteiger partial charge in [0.05, 0.1) is 10.6 Å². The average Bonchev–Trinajstić information content (AvgIpc) is 3.22. The van der Waals surface area contributed by atoms with Gasteiger partial charge >= 0.3 is 0 Å². The van der Waals surface area contributed by atoms with Crippen LogP contribution in [0.4, 0.5) is 5.69 Å². The Labute approximate surface area is 114 Å². The Kier molecular flexibility index (Phi) is 2.85. The normalized spacial score (nSPS) is 14.2. The molecule has 1 aromatic heterocycles. The maximum Gasteiger partial charge on any atom is 0.270 e. The number of aromatic amines is 1. The van der Waals surface area contributed by atoms with Gasteiger partial charge in [-0.25, -0.2) is 4.98 Å². The molecular formula is C14H13N3O3. The fourth-order valence-electron chi connectivity index (χ4n) is 2.17. The lowest BCUT2D eigenvalue weighted by atomic mass is 10.1. The quantitative estimate of drug-likeness (QED) is 0.686. The predicted molar refractivity (Wildman–Crippen MR) is 73.7 cm³/mol. The zero-order valence-corrected chi connectivity index (χ0v) is 10.9. The molecule has 0 atom stereocenters. The van der Waals surface area contributed by atoms with Crippen molar-refractivity contribution in [3.63, 3.8) is 0 Å². The first-order valence-electron chi connectivity index (χ1n) is 6.41. The third-order valence-corrected chi connectivity index (χ3v) is 3.44. The van der Waals surface area contributed by atoms with E-state index in [0.717, 1.165) is 24.1 Å². The predicted octanol–water partition coefficient (Wildman–Crippen LogP) is 2.53. The van der Waals surface area contributed by atoms with Gasteiger partial charge in [0.1, 0.15) is 5.82 Å². The summed E-state index contributed by atoms with van der Waals surface area (Å²) >= 11 is 0. The molecular weight excluding hydrogens is 258 g/mol. The molecule has 6 nitrogen and oxygen atoms in total. The molecule has 1 aromatic carbocycles. The van der Waals surface area contributed by atoms with Crippen molar-refractivity contribution in [1.29, 1.82) is 0 Å². The lowest BCUT2D eigenvalue weighted by molar-refractivity contribution is -0.384. The van der Waals surface area contributed by atoms with Crippen LogP contribution >= 0.6 is 0 Å². The standard InChI is InChI=1S/C14H13N3O3/c1-8-2-5-10(17(19)20)6-11(8)14-15-12(9-3-4-9)7-13(18)16-14/h2,5-7,9H,3-4H2,1H3,(H,15,16,18). The lowest BCUT2D eigenvalue weighted by Gasteiger charge is -2.06. The third-order valence-electron chi connectivity index (χ3n) is 3.44. The molecule has 0 bridgehead atoms. The number of nitrogens with one attached hydrogen (secondary N) is 1. The van der Waals surface area contributed by atoms with E-state index in [2.05, 4.69) is 9.97 Å². The Hall–Kier alpha value is -2.50. The Morgan fingerprint density at radius 1 is 1.35 bits per heavy atom. The highest BCUT2D eigenvalue weighted by Gasteiger charge is 2.26. The zero-order chi connectivity index (χ0) is 14.3. The van der Waals surface area contributed by atoms with Gasteiger partial charge in [-0.05, 0) is 25.3 Å². The second kappa shape index (κ2) is 4.56. The molecule has 1 N–H and O–H groups in total. The first kappa shape index (κ1) is 12.5. The molecule has 20 heavy (non-hydrogen) atoms. The molecule has 3 rings (SSSR count). The zero-order valence-electron chi connectivity index (χ0n) is 10.9. The van der Waals surface area contributed by atoms with Gasteiger partial charge in [0, 0.05) is 29.7 Å². The summed E-state index contributed by atoms with van der Waals surface area (Å²) in [4.78, 5) is 29.2. The maximum absolute atomic E-state index is 11.7. The molecule has 0 aliphatic heterocycles. The lowest BCUT2D eigenvalue weighted by Crippen LogP contribution is -2.10. The van der Waals surface area contributed by atoms with Crippen molar-refractivity contribution in [3.8, 4) is 11.4 Å². The molecule has 0 amide bonds. The van der Waals surface area contributed by atoms with Gasteiger partial charge in [-0.15, -0.1) is 0 Å². The molecule has 2 aromatic rings. The van der Waals surface area contributed by atoms with Gasteiger partial charge in [-0.2, -0.15) is 0 Å². The summed E-state index contributed by atoms with van der Waals surface area (Å²) in [5.41, 5.74) is 1.98. The number of non-ortho nitro benzene ring substituents is 1. The largest absolute Gasteiger partial charge is 0.307 e. The van der Waals surface area contributed by atoms with Crippen molar-refractivity contribution in [1.82, 2.24) is 9.97 Å². The number of hydrogen-bond donors (Lipinski definition) is 1. The summed E-state index contributed by atoms with van der Waals surface area (Å²) in [7, 11) is 0. The Morgan fingerprint density at radius 3 is 2.75 bits per heavy atom. The van der Waals surface area contributed by atoms with Gasteiger partial charge in [-0.1, -0.05) is 6.07 Å². The van der Waals surface area contributed by atoms with Crippen molar-refractivity contribution >= 4 is 5.69 Å². The minimum absolute atomic E-state index is 0.00919. The van der Waals surface area contributed by atoms with Gasteiger partial charge in [-0.3, -0.25) is 14.9 Å². The first-order chi connectivity index (χ1) is 9.54. The van der Waals surface area contributed by atoms with Crippen molar-refractivity contribution in [2.75, 3.05) is 0 Å². The summed E-state index contributed by atoms with van der Waals surface area (Å²) < 4.78 is 0. The first-order valence-corrected chi connectivity index (χ1v) is 6.41. The average molecular weight is 271 g/mol. The van der Waals surface area contributed by atoms with Crippen molar-refractivity contribution in [2.24, 2.45) is 0 Å². The molecule has 102 valence electrons. The van der Waals surface area contributed by atoms with Crippen LogP contribution in [0.2, 0.25) is 0 Å². The van der Waals surface area contributed by atoms with Crippen LogP contribution in [-0.2, 0) is 0 Å². The third kappa shape index (κ3) is 2.32. The molecule has 1 aliphatic carbocycles. The fraction of sp³-hybridized carbons (Fsp3) is 0.286. The van der Waals surface area contributed by atoms with Gasteiger partial charge in [0.25, 0.3) is 11.2 Å². The van der Waals surface area contributed by atoms with Gasteiger partial charge < -0.3 is 4.98 Å². The molecule has 1 aliphatic rings. The second-order valence-corrected chi connectivity index (χ2v) is 5.05. The molecule has 0 unspecified atom stereocenters. The van der Waals surface area contributed by atoms with E-state index in [1.54, 1.807) is 6.07 Å². The van der Waals surface area contributed by atoms with Crippen LogP contribution in [-0.4, -0.2) is 14.9 Å². The van der Waals surface area contributed by atoms with Crippen molar-refractivity contribution in [2.45, 2.75) is 25.7 Å². The number of aryl methyl sites for hydroxylation is 1. The number of nitro groups is 1. The topological polar surface area (TPSA) is 88.9 Å². The van der Waals surface area contributed by atoms with E-state index >= 15 is 0 Å². The molecule has 1 fully saturated rings. The van der Waals surface area contributed by atoms with E-state index in [1.165, 1.54) is 18.2 Å². The summed E-state index contributed by atoms with van der Waals surface area (Å²) in [5, 5.41) is 10.9. The highest BCUT2D eigenvalue weighted by Crippen LogP contribution is 2.39. The van der Waals surface area contributed by atoms with Crippen LogP contribution in [0.1, 0.15) is 30.0 Å². The minimum Gasteiger partial charge on any atom is -0.307 e. The smallest absolute Gasteiger partial charge is 0.270 e. The van der Waals surface area contributed by atoms with Crippen molar-refractivity contribution in [3.05, 3.63) is 56.0 Å². The SMILES string of the molecule is Cc1ccc([N+](=O)[O-])cc1-c1nc(C2CC2)cc(=O)[nH]1. The highest BCUT2D eigenvalue weighted by molar-refractivity contribution is 5.63. The van der Waals surface area contributed by atoms with Crippen molar-refractivity contribution < 1.29 is 4.92 Å². The number of benzene rings is 1. The highest BCUT2D eigenvalue weighted by atomic mass is 16.6. The molecule has 0 saturated heterocycles. The Morgan fingerprint density at radius 2 is 2.10 bits per heavy atom. The Bertz CT molecular complexity index is 748. The monoisotopic (exact) mass is 271 g/mol. The number of aromatic nitrogens is 2. The van der Waals surface area contributed by atoms with E-state index in [0.29, 0.717) is 17.3 Å². The summed E-state index contributed by atoms with van der Waals surface area (Å²) in [5.74, 6) is 0.760. The molecule has 0 spiro atoms. The molecule has 1 heterocycles. The van der Waals surface area contributed by atoms with Crippen LogP contribution in [0.25, 0.3) is 11.4 Å². The van der Waals surface area contributed by atoms with Crippen LogP contribution in [0.5, 0.6) is 0 Å². The Balaban J connectivity index is 2.14. The van der Waals surface area contributed by atoms with Crippen LogP contribution in [0.15, 0.2) is 29.1 Å². The summed E-state index contributed by atoms with van der Waals surface area (Å²) in [6.07, 6.45) is 2.09. The van der Waals surface area contributed by atoms with Crippen LogP contribution in [0.3, 0.4) is 0 Å². The van der Waals surface area contributed by atoms with Gasteiger partial charge in [0.2, 0.25) is 0 Å². The van der Waals surface area contributed by atoms with Gasteiger partial charge in [0.15, 0.2) is 0 Å². The molecule has 6 heteroatoms. The number of rotatable bonds is 3. The molecule has 0 radical (unpaired) electrons. The number of nitro benzene ring substituents is 1. The number of hydrogen-bond acceptors (Lipinski definition) is 4. The molecule has 1 saturated carbocycles. The number of H-pyrrole nitrogens is 1. The van der Waals surface area contributed by atoms with E-state index in [4.69, 9.17) is 0 Å². The summed E-state index contributed by atoms with van der Waals surface area (Å²) in [6.45, 7) is 1.84.